The van der Waals surface area contributed by atoms with Crippen molar-refractivity contribution in [3.05, 3.63) is 36.0 Å². The topological polar surface area (TPSA) is 123 Å². The van der Waals surface area contributed by atoms with Gasteiger partial charge in [-0.25, -0.2) is 4.79 Å². The standard InChI is InChI=1S/C15H17N3O6/c1-9(8-23-2)24-12-6-10(5-11(19)7-12)14(20)16-13-3-4-18(17-13)15(21)22/h3-7,9,19H,8H2,1-2H3,(H,21,22)(H,16,17,20)/t9-/m0/s1. The van der Waals surface area contributed by atoms with Gasteiger partial charge < -0.3 is 25.0 Å². The largest absolute Gasteiger partial charge is 0.508 e. The van der Waals surface area contributed by atoms with Gasteiger partial charge in [0.25, 0.3) is 5.91 Å². The Kier molecular flexibility index (Phi) is 5.38. The molecule has 0 aliphatic rings. The minimum absolute atomic E-state index is 0.0703. The van der Waals surface area contributed by atoms with Gasteiger partial charge in [0, 0.05) is 31.0 Å². The van der Waals surface area contributed by atoms with Crippen LogP contribution in [-0.4, -0.2) is 51.8 Å². The van der Waals surface area contributed by atoms with E-state index in [2.05, 4.69) is 10.4 Å². The van der Waals surface area contributed by atoms with Gasteiger partial charge in [-0.3, -0.25) is 4.79 Å². The number of carbonyl (C=O) groups excluding carboxylic acids is 1. The normalized spacial score (nSPS) is 11.8. The zero-order valence-electron chi connectivity index (χ0n) is 13.1. The van der Waals surface area contributed by atoms with Crippen LogP contribution in [0.1, 0.15) is 17.3 Å². The first-order valence-electron chi connectivity index (χ1n) is 6.99. The number of carbonyl (C=O) groups is 2. The van der Waals surface area contributed by atoms with E-state index in [1.807, 2.05) is 0 Å². The third-order valence-corrected chi connectivity index (χ3v) is 2.92. The van der Waals surface area contributed by atoms with Gasteiger partial charge in [-0.05, 0) is 19.1 Å². The molecular formula is C15H17N3O6. The van der Waals surface area contributed by atoms with Gasteiger partial charge >= 0.3 is 6.09 Å². The number of nitrogens with one attached hydrogen (secondary N) is 1. The average Bonchev–Trinajstić information content (AvgIpc) is 2.95. The zero-order chi connectivity index (χ0) is 17.7. The van der Waals surface area contributed by atoms with Crippen LogP contribution in [0.5, 0.6) is 11.5 Å². The zero-order valence-corrected chi connectivity index (χ0v) is 13.1. The van der Waals surface area contributed by atoms with Gasteiger partial charge in [0.15, 0.2) is 5.82 Å². The van der Waals surface area contributed by atoms with Crippen molar-refractivity contribution in [2.75, 3.05) is 19.0 Å². The van der Waals surface area contributed by atoms with Crippen molar-refractivity contribution >= 4 is 17.8 Å². The number of methoxy groups -OCH3 is 1. The summed E-state index contributed by atoms with van der Waals surface area (Å²) in [6.07, 6.45) is -0.337. The molecule has 1 atom stereocenters. The molecule has 2 aromatic rings. The van der Waals surface area contributed by atoms with Crippen LogP contribution in [0.3, 0.4) is 0 Å². The van der Waals surface area contributed by atoms with Crippen molar-refractivity contribution in [2.45, 2.75) is 13.0 Å². The Morgan fingerprint density at radius 2 is 2.12 bits per heavy atom. The van der Waals surface area contributed by atoms with Crippen LogP contribution in [-0.2, 0) is 4.74 Å². The molecule has 0 unspecified atom stereocenters. The lowest BCUT2D eigenvalue weighted by Crippen LogP contribution is -2.18. The molecule has 0 bridgehead atoms. The molecule has 0 fully saturated rings. The molecule has 1 amide bonds. The van der Waals surface area contributed by atoms with Crippen LogP contribution in [0.4, 0.5) is 10.6 Å². The summed E-state index contributed by atoms with van der Waals surface area (Å²) in [5.41, 5.74) is 0.138. The first-order valence-corrected chi connectivity index (χ1v) is 6.99. The number of carboxylic acid groups (broad SMARTS) is 1. The lowest BCUT2D eigenvalue weighted by atomic mass is 10.2. The van der Waals surface area contributed by atoms with Gasteiger partial charge in [0.2, 0.25) is 0 Å². The summed E-state index contributed by atoms with van der Waals surface area (Å²) < 4.78 is 11.2. The van der Waals surface area contributed by atoms with E-state index in [9.17, 15) is 14.7 Å². The van der Waals surface area contributed by atoms with Crippen molar-refractivity contribution in [3.8, 4) is 11.5 Å². The highest BCUT2D eigenvalue weighted by Crippen LogP contribution is 2.23. The number of hydrogen-bond acceptors (Lipinski definition) is 6. The number of phenols is 1. The highest BCUT2D eigenvalue weighted by Gasteiger charge is 2.13. The molecular weight excluding hydrogens is 318 g/mol. The number of aromatic hydroxyl groups is 1. The SMILES string of the molecule is COC[C@H](C)Oc1cc(O)cc(C(=O)Nc2ccn(C(=O)O)n2)c1. The average molecular weight is 335 g/mol. The fraction of sp³-hybridized carbons (Fsp3) is 0.267. The van der Waals surface area contributed by atoms with Crippen molar-refractivity contribution in [2.24, 2.45) is 0 Å². The van der Waals surface area contributed by atoms with E-state index in [0.29, 0.717) is 17.0 Å². The van der Waals surface area contributed by atoms with Crippen molar-refractivity contribution in [3.63, 3.8) is 0 Å². The summed E-state index contributed by atoms with van der Waals surface area (Å²) in [5.74, 6) is -0.328. The number of hydrogen-bond donors (Lipinski definition) is 3. The quantitative estimate of drug-likeness (QED) is 0.735. The van der Waals surface area contributed by atoms with Crippen molar-refractivity contribution in [1.82, 2.24) is 9.78 Å². The second-order valence-electron chi connectivity index (χ2n) is 4.98. The fourth-order valence-corrected chi connectivity index (χ4v) is 1.97. The predicted molar refractivity (Wildman–Crippen MR) is 83.7 cm³/mol. The molecule has 0 spiro atoms. The van der Waals surface area contributed by atoms with Gasteiger partial charge in [0.05, 0.1) is 6.61 Å². The molecule has 0 aliphatic carbocycles. The highest BCUT2D eigenvalue weighted by molar-refractivity contribution is 6.04. The van der Waals surface area contributed by atoms with Gasteiger partial charge in [0.1, 0.15) is 17.6 Å². The van der Waals surface area contributed by atoms with Crippen LogP contribution in [0.15, 0.2) is 30.5 Å². The predicted octanol–water partition coefficient (Wildman–Crippen LogP) is 1.78. The molecule has 0 aliphatic heterocycles. The van der Waals surface area contributed by atoms with Crippen molar-refractivity contribution in [1.29, 1.82) is 0 Å². The molecule has 2 rings (SSSR count). The molecule has 0 saturated heterocycles. The Balaban J connectivity index is 2.13. The number of aromatic nitrogens is 2. The number of benzene rings is 1. The van der Waals surface area contributed by atoms with E-state index in [1.54, 1.807) is 6.92 Å². The van der Waals surface area contributed by atoms with E-state index < -0.39 is 12.0 Å². The van der Waals surface area contributed by atoms with E-state index in [-0.39, 0.29) is 23.2 Å². The van der Waals surface area contributed by atoms with E-state index in [4.69, 9.17) is 14.6 Å². The molecule has 0 saturated carbocycles. The second kappa shape index (κ2) is 7.47. The lowest BCUT2D eigenvalue weighted by molar-refractivity contribution is 0.0915. The van der Waals surface area contributed by atoms with Crippen LogP contribution >= 0.6 is 0 Å². The minimum Gasteiger partial charge on any atom is -0.508 e. The molecule has 1 aromatic heterocycles. The molecule has 1 heterocycles. The lowest BCUT2D eigenvalue weighted by Gasteiger charge is -2.14. The van der Waals surface area contributed by atoms with Crippen molar-refractivity contribution < 1.29 is 29.3 Å². The Morgan fingerprint density at radius 3 is 2.75 bits per heavy atom. The number of anilines is 1. The molecule has 24 heavy (non-hydrogen) atoms. The summed E-state index contributed by atoms with van der Waals surface area (Å²) in [6.45, 7) is 2.13. The fourth-order valence-electron chi connectivity index (χ4n) is 1.97. The first-order chi connectivity index (χ1) is 11.4. The van der Waals surface area contributed by atoms with Crippen LogP contribution in [0.2, 0.25) is 0 Å². The summed E-state index contributed by atoms with van der Waals surface area (Å²) in [5, 5.41) is 24.6. The Bertz CT molecular complexity index is 743. The molecule has 9 nitrogen and oxygen atoms in total. The van der Waals surface area contributed by atoms with E-state index >= 15 is 0 Å². The highest BCUT2D eigenvalue weighted by atomic mass is 16.5. The summed E-state index contributed by atoms with van der Waals surface area (Å²) in [6, 6.07) is 5.43. The minimum atomic E-state index is -1.27. The third-order valence-electron chi connectivity index (χ3n) is 2.92. The number of ether oxygens (including phenoxy) is 2. The maximum atomic E-state index is 12.2. The van der Waals surface area contributed by atoms with Gasteiger partial charge in [-0.15, -0.1) is 5.10 Å². The summed E-state index contributed by atoms with van der Waals surface area (Å²) in [7, 11) is 1.54. The Hall–Kier alpha value is -3.07. The second-order valence-corrected chi connectivity index (χ2v) is 4.98. The summed E-state index contributed by atoms with van der Waals surface area (Å²) >= 11 is 0. The van der Waals surface area contributed by atoms with E-state index in [1.165, 1.54) is 37.6 Å². The first kappa shape index (κ1) is 17.3. The molecule has 9 heteroatoms. The number of nitrogens with zero attached hydrogens (tertiary/aromatic N) is 2. The van der Waals surface area contributed by atoms with Crippen LogP contribution in [0.25, 0.3) is 0 Å². The third kappa shape index (κ3) is 4.46. The molecule has 0 radical (unpaired) electrons. The monoisotopic (exact) mass is 335 g/mol. The maximum absolute atomic E-state index is 12.2. The van der Waals surface area contributed by atoms with Gasteiger partial charge in [-0.2, -0.15) is 4.68 Å². The smallest absolute Gasteiger partial charge is 0.432 e. The Morgan fingerprint density at radius 1 is 1.38 bits per heavy atom. The Labute approximate surface area is 137 Å². The van der Waals surface area contributed by atoms with E-state index in [0.717, 1.165) is 0 Å². The maximum Gasteiger partial charge on any atom is 0.432 e. The number of amides is 1. The molecule has 128 valence electrons. The van der Waals surface area contributed by atoms with Gasteiger partial charge in [-0.1, -0.05) is 0 Å². The molecule has 1 aromatic carbocycles. The number of rotatable bonds is 6. The molecule has 3 N–H and O–H groups in total. The number of phenolic OH excluding ortho intramolecular Hbond substituents is 1. The summed E-state index contributed by atoms with van der Waals surface area (Å²) in [4.78, 5) is 23.0. The van der Waals surface area contributed by atoms with Crippen LogP contribution < -0.4 is 10.1 Å². The van der Waals surface area contributed by atoms with Crippen LogP contribution in [0, 0.1) is 0 Å².